The first-order valence-corrected chi connectivity index (χ1v) is 13.9. The molecule has 37 heavy (non-hydrogen) atoms. The zero-order valence-corrected chi connectivity index (χ0v) is 25.6. The second kappa shape index (κ2) is 24.6. The highest BCUT2D eigenvalue weighted by Gasteiger charge is 1.86. The average molecular weight is 499 g/mol. The van der Waals surface area contributed by atoms with Gasteiger partial charge < -0.3 is 0 Å². The maximum Gasteiger partial charge on any atom is -0.0307 e. The van der Waals surface area contributed by atoms with Gasteiger partial charge in [0.15, 0.2) is 0 Å². The Morgan fingerprint density at radius 1 is 0.595 bits per heavy atom. The van der Waals surface area contributed by atoms with Gasteiger partial charge in [0.05, 0.1) is 0 Å². The van der Waals surface area contributed by atoms with Gasteiger partial charge in [-0.1, -0.05) is 161 Å². The molecule has 0 saturated carbocycles. The van der Waals surface area contributed by atoms with Crippen molar-refractivity contribution in [3.63, 3.8) is 0 Å². The van der Waals surface area contributed by atoms with Crippen LogP contribution in [-0.4, -0.2) is 0 Å². The molecule has 0 atom stereocenters. The van der Waals surface area contributed by atoms with Gasteiger partial charge in [-0.25, -0.2) is 0 Å². The molecule has 0 unspecified atom stereocenters. The summed E-state index contributed by atoms with van der Waals surface area (Å²) in [6.45, 7) is 24.5. The fourth-order valence-electron chi connectivity index (χ4n) is 2.98. The quantitative estimate of drug-likeness (QED) is 0.307. The molecule has 0 aliphatic carbocycles. The molecule has 0 aliphatic rings. The summed E-state index contributed by atoms with van der Waals surface area (Å²) in [6.07, 6.45) is 11.2. The predicted octanol–water partition coefficient (Wildman–Crippen LogP) is 11.4. The zero-order valence-electron chi connectivity index (χ0n) is 25.6. The summed E-state index contributed by atoms with van der Waals surface area (Å²) < 4.78 is 0. The van der Waals surface area contributed by atoms with Crippen LogP contribution in [-0.2, 0) is 19.3 Å². The van der Waals surface area contributed by atoms with E-state index in [4.69, 9.17) is 0 Å². The summed E-state index contributed by atoms with van der Waals surface area (Å²) in [5, 5.41) is 0. The van der Waals surface area contributed by atoms with E-state index in [1.54, 1.807) is 6.08 Å². The Morgan fingerprint density at radius 3 is 1.05 bits per heavy atom. The third-order valence-corrected chi connectivity index (χ3v) is 5.40. The van der Waals surface area contributed by atoms with Crippen molar-refractivity contribution in [1.29, 1.82) is 0 Å². The lowest BCUT2D eigenvalue weighted by Crippen LogP contribution is -1.77. The molecular formula is C37H54. The molecule has 0 heteroatoms. The maximum atomic E-state index is 3.57. The Hall–Kier alpha value is -3.12. The average Bonchev–Trinajstić information content (AvgIpc) is 2.93. The van der Waals surface area contributed by atoms with Gasteiger partial charge >= 0.3 is 0 Å². The predicted molar refractivity (Wildman–Crippen MR) is 172 cm³/mol. The molecule has 0 saturated heterocycles. The molecule has 0 N–H and O–H groups in total. The van der Waals surface area contributed by atoms with Gasteiger partial charge in [0.1, 0.15) is 0 Å². The van der Waals surface area contributed by atoms with Crippen molar-refractivity contribution in [2.75, 3.05) is 0 Å². The lowest BCUT2D eigenvalue weighted by molar-refractivity contribution is 1.14. The molecule has 3 rings (SSSR count). The van der Waals surface area contributed by atoms with Crippen LogP contribution >= 0.6 is 0 Å². The number of rotatable bonds is 5. The molecule has 0 bridgehead atoms. The van der Waals surface area contributed by atoms with Crippen molar-refractivity contribution in [2.24, 2.45) is 0 Å². The number of aryl methyl sites for hydroxylation is 6. The van der Waals surface area contributed by atoms with Gasteiger partial charge in [-0.2, -0.15) is 0 Å². The third-order valence-electron chi connectivity index (χ3n) is 5.40. The van der Waals surface area contributed by atoms with Gasteiger partial charge in [-0.3, -0.25) is 0 Å². The van der Waals surface area contributed by atoms with E-state index in [2.05, 4.69) is 121 Å². The Kier molecular flexibility index (Phi) is 23.9. The van der Waals surface area contributed by atoms with Crippen LogP contribution in [0.4, 0.5) is 0 Å². The maximum absolute atomic E-state index is 3.57. The number of allylic oxidation sites excluding steroid dienone is 5. The largest absolute Gasteiger partial charge is 0.0991 e. The van der Waals surface area contributed by atoms with Crippen LogP contribution in [0.3, 0.4) is 0 Å². The molecular weight excluding hydrogens is 444 g/mol. The van der Waals surface area contributed by atoms with Crippen molar-refractivity contribution < 1.29 is 0 Å². The lowest BCUT2D eigenvalue weighted by Gasteiger charge is -1.94. The smallest absolute Gasteiger partial charge is 0.0307 e. The molecule has 0 nitrogen and oxygen atoms in total. The van der Waals surface area contributed by atoms with Crippen LogP contribution < -0.4 is 0 Å². The topological polar surface area (TPSA) is 0 Å². The van der Waals surface area contributed by atoms with Crippen molar-refractivity contribution >= 4 is 0 Å². The summed E-state index contributed by atoms with van der Waals surface area (Å²) in [6, 6.07) is 26.0. The fourth-order valence-corrected chi connectivity index (χ4v) is 2.98. The van der Waals surface area contributed by atoms with Crippen molar-refractivity contribution in [2.45, 2.75) is 88.5 Å². The first kappa shape index (κ1) is 36.0. The zero-order chi connectivity index (χ0) is 28.5. The summed E-state index contributed by atoms with van der Waals surface area (Å²) in [5.41, 5.74) is 9.51. The molecule has 0 aromatic heterocycles. The summed E-state index contributed by atoms with van der Waals surface area (Å²) >= 11 is 0. The lowest BCUT2D eigenvalue weighted by atomic mass is 10.1. The number of benzene rings is 3. The van der Waals surface area contributed by atoms with Crippen LogP contribution in [0.2, 0.25) is 0 Å². The molecule has 3 aromatic rings. The summed E-state index contributed by atoms with van der Waals surface area (Å²) in [5.74, 6) is 0. The van der Waals surface area contributed by atoms with E-state index in [9.17, 15) is 0 Å². The fraction of sp³-hybridized carbons (Fsp3) is 0.351. The molecule has 3 aromatic carbocycles. The van der Waals surface area contributed by atoms with Crippen molar-refractivity contribution in [1.82, 2.24) is 0 Å². The molecule has 0 spiro atoms. The minimum atomic E-state index is 1.14. The van der Waals surface area contributed by atoms with Crippen LogP contribution in [0.1, 0.15) is 81.8 Å². The Balaban J connectivity index is 0. The van der Waals surface area contributed by atoms with Gasteiger partial charge in [0.2, 0.25) is 0 Å². The van der Waals surface area contributed by atoms with Crippen LogP contribution in [0.15, 0.2) is 109 Å². The van der Waals surface area contributed by atoms with E-state index in [-0.39, 0.29) is 0 Å². The van der Waals surface area contributed by atoms with Crippen LogP contribution in [0, 0.1) is 20.8 Å². The summed E-state index contributed by atoms with van der Waals surface area (Å²) in [7, 11) is 0. The Labute approximate surface area is 230 Å². The van der Waals surface area contributed by atoms with E-state index < -0.39 is 0 Å². The highest BCUT2D eigenvalue weighted by Crippen LogP contribution is 2.04. The van der Waals surface area contributed by atoms with E-state index in [0.29, 0.717) is 0 Å². The molecule has 0 radical (unpaired) electrons. The van der Waals surface area contributed by atoms with E-state index in [0.717, 1.165) is 19.3 Å². The highest BCUT2D eigenvalue weighted by atomic mass is 13.9. The van der Waals surface area contributed by atoms with Crippen LogP contribution in [0.25, 0.3) is 0 Å². The van der Waals surface area contributed by atoms with Crippen molar-refractivity contribution in [3.8, 4) is 0 Å². The molecule has 202 valence electrons. The normalized spacial score (nSPS) is 9.84. The third kappa shape index (κ3) is 20.7. The molecule has 0 fully saturated rings. The molecule has 0 amide bonds. The van der Waals surface area contributed by atoms with Gasteiger partial charge in [-0.15, -0.1) is 0 Å². The highest BCUT2D eigenvalue weighted by molar-refractivity contribution is 5.22. The second-order valence-electron chi connectivity index (χ2n) is 8.66. The van der Waals surface area contributed by atoms with Crippen LogP contribution in [0.5, 0.6) is 0 Å². The molecule has 0 aliphatic heterocycles. The minimum Gasteiger partial charge on any atom is -0.0991 e. The first-order valence-electron chi connectivity index (χ1n) is 13.9. The Morgan fingerprint density at radius 2 is 0.865 bits per heavy atom. The second-order valence-corrected chi connectivity index (χ2v) is 8.66. The first-order chi connectivity index (χ1) is 17.8. The van der Waals surface area contributed by atoms with E-state index in [1.807, 2.05) is 45.9 Å². The van der Waals surface area contributed by atoms with Gasteiger partial charge in [-0.05, 0) is 70.6 Å². The molecule has 0 heterocycles. The standard InChI is InChI=1S/3C9H12.C8H12.C2H6/c3*1-3-9-6-4-8(2)5-7-9;1-4-6-8(3)7-5-2;1-2/h3*4-7H,3H2,1-2H3;4-7H,1H2,2-3H3;1-2H3/b;;;7-5-,8-6-;. The number of hydrogen-bond acceptors (Lipinski definition) is 0. The number of hydrogen-bond donors (Lipinski definition) is 0. The van der Waals surface area contributed by atoms with E-state index in [1.165, 1.54) is 39.0 Å². The summed E-state index contributed by atoms with van der Waals surface area (Å²) in [4.78, 5) is 0. The minimum absolute atomic E-state index is 1.14. The van der Waals surface area contributed by atoms with Crippen molar-refractivity contribution in [3.05, 3.63) is 143 Å². The Bertz CT molecular complexity index is 858. The van der Waals surface area contributed by atoms with E-state index >= 15 is 0 Å². The monoisotopic (exact) mass is 498 g/mol. The van der Waals surface area contributed by atoms with Gasteiger partial charge in [0, 0.05) is 0 Å². The SMILES string of the molecule is C=C/C=C(C)\C=C/C.CC.CCc1ccc(C)cc1.CCc1ccc(C)cc1.CCc1ccc(C)cc1. The van der Waals surface area contributed by atoms with Gasteiger partial charge in [0.25, 0.3) is 0 Å².